The largest absolute Gasteiger partial charge is 0.496 e. The Morgan fingerprint density at radius 2 is 2.07 bits per heavy atom. The number of ketones is 1. The van der Waals surface area contributed by atoms with E-state index in [0.717, 1.165) is 5.57 Å². The topological polar surface area (TPSA) is 26.3 Å². The van der Waals surface area contributed by atoms with Crippen molar-refractivity contribution in [1.29, 1.82) is 0 Å². The van der Waals surface area contributed by atoms with Crippen molar-refractivity contribution in [2.75, 3.05) is 7.11 Å². The summed E-state index contributed by atoms with van der Waals surface area (Å²) in [5.74, 6) is 0.377. The average Bonchev–Trinajstić information content (AvgIpc) is 2.15. The summed E-state index contributed by atoms with van der Waals surface area (Å²) in [5.41, 5.74) is 1.35. The fourth-order valence-corrected chi connectivity index (χ4v) is 1.51. The van der Waals surface area contributed by atoms with E-state index in [-0.39, 0.29) is 5.78 Å². The summed E-state index contributed by atoms with van der Waals surface area (Å²) in [5, 5.41) is 0.414. The lowest BCUT2D eigenvalue weighted by Crippen LogP contribution is -2.00. The Morgan fingerprint density at radius 3 is 2.60 bits per heavy atom. The van der Waals surface area contributed by atoms with E-state index in [2.05, 4.69) is 0 Å². The number of carbonyl (C=O) groups excluding carboxylic acids is 1. The third-order valence-electron chi connectivity index (χ3n) is 1.86. The van der Waals surface area contributed by atoms with Gasteiger partial charge >= 0.3 is 0 Å². The molecular weight excluding hydrogens is 212 g/mol. The molecule has 2 nitrogen and oxygen atoms in total. The van der Waals surface area contributed by atoms with E-state index in [1.54, 1.807) is 24.3 Å². The second-order valence-corrected chi connectivity index (χ2v) is 3.81. The molecule has 0 spiro atoms. The molecule has 1 rings (SSSR count). The average molecular weight is 225 g/mol. The van der Waals surface area contributed by atoms with Crippen LogP contribution in [0.5, 0.6) is 5.75 Å². The zero-order valence-corrected chi connectivity index (χ0v) is 9.76. The molecule has 0 heterocycles. The van der Waals surface area contributed by atoms with Crippen LogP contribution in [0, 0.1) is 0 Å². The van der Waals surface area contributed by atoms with Gasteiger partial charge in [0.25, 0.3) is 0 Å². The van der Waals surface area contributed by atoms with E-state index in [0.29, 0.717) is 16.3 Å². The minimum absolute atomic E-state index is 0.127. The van der Waals surface area contributed by atoms with Crippen molar-refractivity contribution in [2.45, 2.75) is 13.8 Å². The molecule has 0 aliphatic rings. The van der Waals surface area contributed by atoms with Gasteiger partial charge in [-0.15, -0.1) is 0 Å². The molecule has 15 heavy (non-hydrogen) atoms. The highest BCUT2D eigenvalue weighted by molar-refractivity contribution is 6.35. The van der Waals surface area contributed by atoms with Gasteiger partial charge in [0.05, 0.1) is 17.7 Å². The van der Waals surface area contributed by atoms with Crippen LogP contribution in [0.3, 0.4) is 0 Å². The summed E-state index contributed by atoms with van der Waals surface area (Å²) in [6.07, 6.45) is 1.55. The maximum absolute atomic E-state index is 11.8. The smallest absolute Gasteiger partial charge is 0.191 e. The fourth-order valence-electron chi connectivity index (χ4n) is 1.25. The van der Waals surface area contributed by atoms with Gasteiger partial charge in [-0.3, -0.25) is 4.79 Å². The fraction of sp³-hybridized carbons (Fsp3) is 0.250. The van der Waals surface area contributed by atoms with Crippen LogP contribution in [0.15, 0.2) is 29.8 Å². The molecule has 0 aliphatic carbocycles. The van der Waals surface area contributed by atoms with E-state index < -0.39 is 0 Å². The Bertz CT molecular complexity index is 404. The summed E-state index contributed by atoms with van der Waals surface area (Å²) in [6, 6.07) is 5.15. The number of carbonyl (C=O) groups is 1. The van der Waals surface area contributed by atoms with Crippen molar-refractivity contribution in [3.63, 3.8) is 0 Å². The number of ether oxygens (including phenoxy) is 1. The second kappa shape index (κ2) is 4.99. The monoisotopic (exact) mass is 224 g/mol. The third-order valence-corrected chi connectivity index (χ3v) is 2.18. The number of methoxy groups -OCH3 is 1. The molecular formula is C12H13ClO2. The van der Waals surface area contributed by atoms with E-state index in [1.165, 1.54) is 7.11 Å². The Morgan fingerprint density at radius 1 is 1.40 bits per heavy atom. The molecule has 1 aromatic carbocycles. The quantitative estimate of drug-likeness (QED) is 0.580. The van der Waals surface area contributed by atoms with Gasteiger partial charge in [-0.1, -0.05) is 23.2 Å². The van der Waals surface area contributed by atoms with Crippen LogP contribution in [0.4, 0.5) is 0 Å². The molecule has 0 saturated heterocycles. The van der Waals surface area contributed by atoms with Crippen LogP contribution in [-0.4, -0.2) is 12.9 Å². The first kappa shape index (κ1) is 11.8. The molecule has 1 aromatic rings. The summed E-state index contributed by atoms with van der Waals surface area (Å²) in [4.78, 5) is 11.8. The van der Waals surface area contributed by atoms with Gasteiger partial charge in [-0.2, -0.15) is 0 Å². The maximum atomic E-state index is 11.8. The molecule has 0 saturated carbocycles. The highest BCUT2D eigenvalue weighted by atomic mass is 35.5. The number of hydrogen-bond donors (Lipinski definition) is 0. The van der Waals surface area contributed by atoms with Gasteiger partial charge in [0.15, 0.2) is 5.78 Å². The van der Waals surface area contributed by atoms with Crippen molar-refractivity contribution < 1.29 is 9.53 Å². The Hall–Kier alpha value is -1.28. The second-order valence-electron chi connectivity index (χ2n) is 3.40. The standard InChI is InChI=1S/C12H13ClO2/c1-8(2)7-10(14)12-9(13)5-4-6-11(12)15-3/h4-7H,1-3H3. The lowest BCUT2D eigenvalue weighted by Gasteiger charge is -2.07. The lowest BCUT2D eigenvalue weighted by molar-refractivity contribution is 0.104. The first-order valence-electron chi connectivity index (χ1n) is 4.58. The van der Waals surface area contributed by atoms with Gasteiger partial charge in [0.1, 0.15) is 5.75 Å². The van der Waals surface area contributed by atoms with E-state index >= 15 is 0 Å². The zero-order valence-electron chi connectivity index (χ0n) is 9.00. The van der Waals surface area contributed by atoms with Gasteiger partial charge in [0, 0.05) is 0 Å². The number of hydrogen-bond acceptors (Lipinski definition) is 2. The van der Waals surface area contributed by atoms with Crippen LogP contribution in [0.2, 0.25) is 5.02 Å². The molecule has 0 amide bonds. The number of allylic oxidation sites excluding steroid dienone is 2. The van der Waals surface area contributed by atoms with Crippen molar-refractivity contribution in [2.24, 2.45) is 0 Å². The third kappa shape index (κ3) is 2.83. The Balaban J connectivity index is 3.23. The van der Waals surface area contributed by atoms with Crippen molar-refractivity contribution >= 4 is 17.4 Å². The number of benzene rings is 1. The maximum Gasteiger partial charge on any atom is 0.191 e. The molecule has 0 unspecified atom stereocenters. The molecule has 3 heteroatoms. The van der Waals surface area contributed by atoms with Crippen LogP contribution >= 0.6 is 11.6 Å². The Kier molecular flexibility index (Phi) is 3.92. The van der Waals surface area contributed by atoms with Gasteiger partial charge in [-0.05, 0) is 32.1 Å². The number of rotatable bonds is 3. The van der Waals surface area contributed by atoms with Gasteiger partial charge in [0.2, 0.25) is 0 Å². The molecule has 80 valence electrons. The molecule has 0 atom stereocenters. The van der Waals surface area contributed by atoms with Gasteiger partial charge < -0.3 is 4.74 Å². The summed E-state index contributed by atoms with van der Waals surface area (Å²) in [6.45, 7) is 3.72. The van der Waals surface area contributed by atoms with Crippen molar-refractivity contribution in [3.8, 4) is 5.75 Å². The highest BCUT2D eigenvalue weighted by Gasteiger charge is 2.13. The van der Waals surface area contributed by atoms with Crippen LogP contribution in [-0.2, 0) is 0 Å². The lowest BCUT2D eigenvalue weighted by atomic mass is 10.1. The van der Waals surface area contributed by atoms with Crippen LogP contribution < -0.4 is 4.74 Å². The summed E-state index contributed by atoms with van der Waals surface area (Å²) < 4.78 is 5.09. The first-order chi connectivity index (χ1) is 7.06. The van der Waals surface area contributed by atoms with Crippen LogP contribution in [0.25, 0.3) is 0 Å². The molecule has 0 radical (unpaired) electrons. The normalized spacial score (nSPS) is 9.60. The minimum atomic E-state index is -0.127. The zero-order chi connectivity index (χ0) is 11.4. The highest BCUT2D eigenvalue weighted by Crippen LogP contribution is 2.27. The number of halogens is 1. The first-order valence-corrected chi connectivity index (χ1v) is 4.95. The van der Waals surface area contributed by atoms with Crippen LogP contribution in [0.1, 0.15) is 24.2 Å². The molecule has 0 aromatic heterocycles. The van der Waals surface area contributed by atoms with E-state index in [9.17, 15) is 4.79 Å². The SMILES string of the molecule is COc1cccc(Cl)c1C(=O)C=C(C)C. The van der Waals surface area contributed by atoms with Crippen molar-refractivity contribution in [1.82, 2.24) is 0 Å². The van der Waals surface area contributed by atoms with Gasteiger partial charge in [-0.25, -0.2) is 0 Å². The molecule has 0 fully saturated rings. The molecule has 0 aliphatic heterocycles. The molecule has 0 N–H and O–H groups in total. The predicted octanol–water partition coefficient (Wildman–Crippen LogP) is 3.50. The minimum Gasteiger partial charge on any atom is -0.496 e. The van der Waals surface area contributed by atoms with E-state index in [1.807, 2.05) is 13.8 Å². The molecule has 0 bridgehead atoms. The Labute approximate surface area is 94.5 Å². The van der Waals surface area contributed by atoms with E-state index in [4.69, 9.17) is 16.3 Å². The van der Waals surface area contributed by atoms with Crippen molar-refractivity contribution in [3.05, 3.63) is 40.4 Å². The summed E-state index contributed by atoms with van der Waals surface area (Å²) >= 11 is 5.96. The summed E-state index contributed by atoms with van der Waals surface area (Å²) in [7, 11) is 1.52. The predicted molar refractivity (Wildman–Crippen MR) is 61.8 cm³/mol.